The lowest BCUT2D eigenvalue weighted by Crippen LogP contribution is -2.55. The molecule has 5 rings (SSSR count). The fraction of sp³-hybridized carbons (Fsp3) is 0.455. The molecular formula is C22H23ClFN5O3. The third-order valence-electron chi connectivity index (χ3n) is 6.62. The standard InChI is InChI=1S/C22H23ClFN5O3/c1-13-9-29-19(11-26(13)21(31)7-14-2-4-17(24)16(23)6-14)18(8-25-29)28-10-15-3-5-20(30)27(15)12-22(28)32/h2,4,6,8,13,15H,3,5,7,9-12H2,1H3/t13-,15?/m0/s1. The predicted molar refractivity (Wildman–Crippen MR) is 114 cm³/mol. The van der Waals surface area contributed by atoms with Gasteiger partial charge >= 0.3 is 0 Å². The highest BCUT2D eigenvalue weighted by Gasteiger charge is 2.41. The van der Waals surface area contributed by atoms with Crippen LogP contribution in [0.4, 0.5) is 10.1 Å². The topological polar surface area (TPSA) is 78.8 Å². The highest BCUT2D eigenvalue weighted by molar-refractivity contribution is 6.30. The normalized spacial score (nSPS) is 22.9. The van der Waals surface area contributed by atoms with Gasteiger partial charge in [0.05, 0.1) is 48.2 Å². The van der Waals surface area contributed by atoms with Crippen molar-refractivity contribution in [2.75, 3.05) is 18.0 Å². The number of nitrogens with zero attached hydrogens (tertiary/aromatic N) is 5. The third-order valence-corrected chi connectivity index (χ3v) is 6.91. The Morgan fingerprint density at radius 2 is 2.03 bits per heavy atom. The zero-order valence-electron chi connectivity index (χ0n) is 17.6. The van der Waals surface area contributed by atoms with Gasteiger partial charge in [-0.1, -0.05) is 17.7 Å². The van der Waals surface area contributed by atoms with E-state index in [1.807, 2.05) is 11.6 Å². The molecule has 10 heteroatoms. The molecule has 0 saturated carbocycles. The van der Waals surface area contributed by atoms with Crippen molar-refractivity contribution >= 4 is 35.0 Å². The minimum atomic E-state index is -0.517. The maximum atomic E-state index is 13.4. The molecule has 8 nitrogen and oxygen atoms in total. The van der Waals surface area contributed by atoms with Crippen LogP contribution in [0.2, 0.25) is 5.02 Å². The number of aromatic nitrogens is 2. The van der Waals surface area contributed by atoms with E-state index in [0.29, 0.717) is 37.3 Å². The molecule has 1 aromatic heterocycles. The molecule has 1 aromatic carbocycles. The number of anilines is 1. The first kappa shape index (κ1) is 20.9. The summed E-state index contributed by atoms with van der Waals surface area (Å²) in [4.78, 5) is 43.0. The Morgan fingerprint density at radius 1 is 1.22 bits per heavy atom. The summed E-state index contributed by atoms with van der Waals surface area (Å²) in [5.74, 6) is -0.719. The summed E-state index contributed by atoms with van der Waals surface area (Å²) in [7, 11) is 0. The van der Waals surface area contributed by atoms with Gasteiger partial charge < -0.3 is 14.7 Å². The van der Waals surface area contributed by atoms with Gasteiger partial charge in [-0.05, 0) is 31.0 Å². The maximum Gasteiger partial charge on any atom is 0.246 e. The lowest BCUT2D eigenvalue weighted by molar-refractivity contribution is -0.135. The lowest BCUT2D eigenvalue weighted by atomic mass is 10.1. The molecule has 168 valence electrons. The summed E-state index contributed by atoms with van der Waals surface area (Å²) in [6.07, 6.45) is 3.01. The SMILES string of the molecule is C[C@H]1Cn2ncc(N3CC4CCC(=O)N4CC3=O)c2CN1C(=O)Cc1ccc(F)c(Cl)c1. The number of piperazine rings is 1. The number of amides is 3. The maximum absolute atomic E-state index is 13.4. The van der Waals surface area contributed by atoms with Gasteiger partial charge in [0.2, 0.25) is 17.7 Å². The number of hydrogen-bond acceptors (Lipinski definition) is 4. The van der Waals surface area contributed by atoms with Crippen LogP contribution in [0.15, 0.2) is 24.4 Å². The van der Waals surface area contributed by atoms with Gasteiger partial charge in [0.1, 0.15) is 12.4 Å². The number of hydrogen-bond donors (Lipinski definition) is 0. The van der Waals surface area contributed by atoms with Crippen LogP contribution >= 0.6 is 11.6 Å². The molecule has 2 atom stereocenters. The molecule has 3 aliphatic rings. The van der Waals surface area contributed by atoms with Crippen molar-refractivity contribution in [1.29, 1.82) is 0 Å². The minimum absolute atomic E-state index is 0.00888. The Kier molecular flexibility index (Phi) is 5.16. The van der Waals surface area contributed by atoms with Crippen LogP contribution in [0.25, 0.3) is 0 Å². The second kappa shape index (κ2) is 7.88. The number of benzene rings is 1. The van der Waals surface area contributed by atoms with Crippen LogP contribution < -0.4 is 4.90 Å². The number of carbonyl (C=O) groups is 3. The van der Waals surface area contributed by atoms with Gasteiger partial charge in [-0.2, -0.15) is 5.10 Å². The number of rotatable bonds is 3. The molecule has 3 aliphatic heterocycles. The monoisotopic (exact) mass is 459 g/mol. The molecular weight excluding hydrogens is 437 g/mol. The van der Waals surface area contributed by atoms with E-state index in [1.54, 1.807) is 27.0 Å². The molecule has 2 aromatic rings. The van der Waals surface area contributed by atoms with Crippen molar-refractivity contribution in [3.63, 3.8) is 0 Å². The van der Waals surface area contributed by atoms with Crippen molar-refractivity contribution in [3.05, 3.63) is 46.5 Å². The van der Waals surface area contributed by atoms with Gasteiger partial charge in [0.25, 0.3) is 0 Å². The van der Waals surface area contributed by atoms with Crippen molar-refractivity contribution in [2.24, 2.45) is 0 Å². The summed E-state index contributed by atoms with van der Waals surface area (Å²) in [6, 6.07) is 4.24. The van der Waals surface area contributed by atoms with Crippen molar-refractivity contribution in [3.8, 4) is 0 Å². The lowest BCUT2D eigenvalue weighted by Gasteiger charge is -2.39. The largest absolute Gasteiger partial charge is 0.332 e. The summed E-state index contributed by atoms with van der Waals surface area (Å²) in [5, 5.41) is 4.45. The van der Waals surface area contributed by atoms with Crippen molar-refractivity contribution in [1.82, 2.24) is 19.6 Å². The molecule has 0 aliphatic carbocycles. The molecule has 2 fully saturated rings. The molecule has 2 saturated heterocycles. The van der Waals surface area contributed by atoms with Crippen LogP contribution in [-0.2, 0) is 33.9 Å². The van der Waals surface area contributed by atoms with Gasteiger partial charge in [-0.3, -0.25) is 19.1 Å². The highest BCUT2D eigenvalue weighted by atomic mass is 35.5. The molecule has 0 bridgehead atoms. The van der Waals surface area contributed by atoms with E-state index in [9.17, 15) is 18.8 Å². The number of fused-ring (bicyclic) bond motifs is 2. The smallest absolute Gasteiger partial charge is 0.246 e. The first-order chi connectivity index (χ1) is 15.3. The Labute approximate surface area is 189 Å². The average molecular weight is 460 g/mol. The van der Waals surface area contributed by atoms with E-state index in [4.69, 9.17) is 11.6 Å². The second-order valence-electron chi connectivity index (χ2n) is 8.67. The summed E-state index contributed by atoms with van der Waals surface area (Å²) < 4.78 is 15.3. The van der Waals surface area contributed by atoms with Crippen molar-refractivity contribution < 1.29 is 18.8 Å². The quantitative estimate of drug-likeness (QED) is 0.703. The van der Waals surface area contributed by atoms with E-state index < -0.39 is 5.82 Å². The van der Waals surface area contributed by atoms with Crippen LogP contribution in [-0.4, -0.2) is 62.5 Å². The van der Waals surface area contributed by atoms with E-state index in [0.717, 1.165) is 12.1 Å². The first-order valence-electron chi connectivity index (χ1n) is 10.7. The average Bonchev–Trinajstić information content (AvgIpc) is 3.32. The molecule has 3 amide bonds. The highest BCUT2D eigenvalue weighted by Crippen LogP contribution is 2.32. The Hall–Kier alpha value is -2.94. The van der Waals surface area contributed by atoms with Gasteiger partial charge in [-0.25, -0.2) is 4.39 Å². The van der Waals surface area contributed by atoms with E-state index in [-0.39, 0.29) is 47.8 Å². The Bertz CT molecular complexity index is 1120. The zero-order chi connectivity index (χ0) is 22.6. The van der Waals surface area contributed by atoms with Gasteiger partial charge in [0, 0.05) is 19.0 Å². The summed E-state index contributed by atoms with van der Waals surface area (Å²) in [5.41, 5.74) is 2.15. The zero-order valence-corrected chi connectivity index (χ0v) is 18.4. The second-order valence-corrected chi connectivity index (χ2v) is 9.08. The van der Waals surface area contributed by atoms with E-state index in [2.05, 4.69) is 5.10 Å². The predicted octanol–water partition coefficient (Wildman–Crippen LogP) is 1.99. The van der Waals surface area contributed by atoms with Crippen LogP contribution in [0.5, 0.6) is 0 Å². The van der Waals surface area contributed by atoms with Crippen LogP contribution in [0, 0.1) is 5.82 Å². The van der Waals surface area contributed by atoms with Crippen LogP contribution in [0.1, 0.15) is 31.0 Å². The van der Waals surface area contributed by atoms with Gasteiger partial charge in [0.15, 0.2) is 0 Å². The Morgan fingerprint density at radius 3 is 2.81 bits per heavy atom. The van der Waals surface area contributed by atoms with Gasteiger partial charge in [-0.15, -0.1) is 0 Å². The molecule has 0 N–H and O–H groups in total. The summed E-state index contributed by atoms with van der Waals surface area (Å²) in [6.45, 7) is 3.32. The fourth-order valence-corrected chi connectivity index (χ4v) is 5.05. The first-order valence-corrected chi connectivity index (χ1v) is 11.1. The molecule has 1 unspecified atom stereocenters. The summed E-state index contributed by atoms with van der Waals surface area (Å²) >= 11 is 5.86. The molecule has 0 radical (unpaired) electrons. The Balaban J connectivity index is 1.36. The molecule has 32 heavy (non-hydrogen) atoms. The van der Waals surface area contributed by atoms with E-state index >= 15 is 0 Å². The van der Waals surface area contributed by atoms with Crippen molar-refractivity contribution in [2.45, 2.75) is 51.4 Å². The third kappa shape index (κ3) is 3.54. The fourth-order valence-electron chi connectivity index (χ4n) is 4.85. The molecule has 4 heterocycles. The molecule has 0 spiro atoms. The van der Waals surface area contributed by atoms with E-state index in [1.165, 1.54) is 12.1 Å². The number of carbonyl (C=O) groups excluding carboxylic acids is 3. The number of halogens is 2. The minimum Gasteiger partial charge on any atom is -0.332 e. The van der Waals surface area contributed by atoms with Crippen LogP contribution in [0.3, 0.4) is 0 Å².